The maximum atomic E-state index is 12.3. The molecule has 0 saturated heterocycles. The molecule has 2 aromatic rings. The topological polar surface area (TPSA) is 67.4 Å². The van der Waals surface area contributed by atoms with Crippen LogP contribution in [0, 0.1) is 6.92 Å². The van der Waals surface area contributed by atoms with Gasteiger partial charge < -0.3 is 15.4 Å². The van der Waals surface area contributed by atoms with Gasteiger partial charge in [0.15, 0.2) is 0 Å². The lowest BCUT2D eigenvalue weighted by molar-refractivity contribution is -0.274. The predicted molar refractivity (Wildman–Crippen MR) is 94.1 cm³/mol. The molecule has 2 aromatic carbocycles. The molecular formula is C19H19F3N2O3. The van der Waals surface area contributed by atoms with E-state index in [1.807, 2.05) is 19.1 Å². The number of aryl methyl sites for hydroxylation is 1. The van der Waals surface area contributed by atoms with E-state index in [-0.39, 0.29) is 18.0 Å². The average Bonchev–Trinajstić information content (AvgIpc) is 2.53. The second kappa shape index (κ2) is 8.57. The van der Waals surface area contributed by atoms with Gasteiger partial charge in [0.2, 0.25) is 11.8 Å². The van der Waals surface area contributed by atoms with Gasteiger partial charge >= 0.3 is 6.36 Å². The van der Waals surface area contributed by atoms with Crippen LogP contribution in [-0.2, 0) is 9.59 Å². The minimum absolute atomic E-state index is 0.0764. The van der Waals surface area contributed by atoms with Gasteiger partial charge in [-0.05, 0) is 24.6 Å². The Kier molecular flexibility index (Phi) is 6.44. The van der Waals surface area contributed by atoms with Gasteiger partial charge in [-0.3, -0.25) is 9.59 Å². The molecule has 1 unspecified atom stereocenters. The summed E-state index contributed by atoms with van der Waals surface area (Å²) in [5, 5.41) is 5.22. The second-order valence-electron chi connectivity index (χ2n) is 5.99. The standard InChI is InChI=1S/C19H19F3N2O3/c1-12-6-8-14(9-7-12)17(23-13(2)25)11-18(26)24-15-4-3-5-16(10-15)27-19(20,21)22/h3-10,17H,11H2,1-2H3,(H,23,25)(H,24,26). The molecule has 2 rings (SSSR count). The number of anilines is 1. The largest absolute Gasteiger partial charge is 0.573 e. The molecule has 27 heavy (non-hydrogen) atoms. The molecule has 2 N–H and O–H groups in total. The van der Waals surface area contributed by atoms with E-state index in [0.29, 0.717) is 0 Å². The lowest BCUT2D eigenvalue weighted by atomic mass is 10.0. The van der Waals surface area contributed by atoms with Gasteiger partial charge in [0, 0.05) is 18.7 Å². The minimum Gasteiger partial charge on any atom is -0.406 e. The van der Waals surface area contributed by atoms with Crippen LogP contribution in [0.2, 0.25) is 0 Å². The molecule has 0 bridgehead atoms. The molecule has 0 saturated carbocycles. The van der Waals surface area contributed by atoms with Gasteiger partial charge in [0.05, 0.1) is 12.5 Å². The molecule has 2 amide bonds. The maximum Gasteiger partial charge on any atom is 0.573 e. The summed E-state index contributed by atoms with van der Waals surface area (Å²) in [5.41, 5.74) is 1.94. The molecule has 0 radical (unpaired) electrons. The summed E-state index contributed by atoms with van der Waals surface area (Å²) in [4.78, 5) is 23.8. The number of benzene rings is 2. The quantitative estimate of drug-likeness (QED) is 0.793. The number of alkyl halides is 3. The van der Waals surface area contributed by atoms with Crippen molar-refractivity contribution in [3.63, 3.8) is 0 Å². The monoisotopic (exact) mass is 380 g/mol. The highest BCUT2D eigenvalue weighted by Gasteiger charge is 2.31. The van der Waals surface area contributed by atoms with E-state index in [4.69, 9.17) is 0 Å². The highest BCUT2D eigenvalue weighted by atomic mass is 19.4. The Hall–Kier alpha value is -3.03. The van der Waals surface area contributed by atoms with E-state index in [0.717, 1.165) is 23.3 Å². The molecule has 0 spiro atoms. The van der Waals surface area contributed by atoms with Crippen molar-refractivity contribution in [2.24, 2.45) is 0 Å². The number of halogens is 3. The zero-order valence-electron chi connectivity index (χ0n) is 14.8. The van der Waals surface area contributed by atoms with E-state index in [1.54, 1.807) is 12.1 Å². The molecule has 0 fully saturated rings. The molecule has 8 heteroatoms. The zero-order chi connectivity index (χ0) is 20.0. The second-order valence-corrected chi connectivity index (χ2v) is 5.99. The summed E-state index contributed by atoms with van der Waals surface area (Å²) in [6, 6.07) is 11.8. The van der Waals surface area contributed by atoms with E-state index >= 15 is 0 Å². The summed E-state index contributed by atoms with van der Waals surface area (Å²) in [5.74, 6) is -1.19. The summed E-state index contributed by atoms with van der Waals surface area (Å²) in [6.07, 6.45) is -4.89. The number of hydrogen-bond acceptors (Lipinski definition) is 3. The Morgan fingerprint density at radius 1 is 1.11 bits per heavy atom. The fourth-order valence-electron chi connectivity index (χ4n) is 2.46. The molecule has 0 aliphatic heterocycles. The zero-order valence-corrected chi connectivity index (χ0v) is 14.8. The first-order valence-electron chi connectivity index (χ1n) is 8.12. The van der Waals surface area contributed by atoms with Crippen molar-refractivity contribution in [1.82, 2.24) is 5.32 Å². The fourth-order valence-corrected chi connectivity index (χ4v) is 2.46. The first-order chi connectivity index (χ1) is 12.6. The number of amides is 2. The third-order valence-electron chi connectivity index (χ3n) is 3.60. The number of nitrogens with one attached hydrogen (secondary N) is 2. The third-order valence-corrected chi connectivity index (χ3v) is 3.60. The van der Waals surface area contributed by atoms with Crippen molar-refractivity contribution >= 4 is 17.5 Å². The first kappa shape index (κ1) is 20.3. The molecule has 0 aromatic heterocycles. The van der Waals surface area contributed by atoms with Crippen LogP contribution in [0.25, 0.3) is 0 Å². The molecule has 144 valence electrons. The van der Waals surface area contributed by atoms with E-state index in [1.165, 1.54) is 19.1 Å². The fraction of sp³-hybridized carbons (Fsp3) is 0.263. The Morgan fingerprint density at radius 2 is 1.78 bits per heavy atom. The molecule has 0 aliphatic rings. The lowest BCUT2D eigenvalue weighted by Crippen LogP contribution is -2.29. The molecular weight excluding hydrogens is 361 g/mol. The van der Waals surface area contributed by atoms with E-state index in [9.17, 15) is 22.8 Å². The normalized spacial score (nSPS) is 12.2. The van der Waals surface area contributed by atoms with Crippen LogP contribution < -0.4 is 15.4 Å². The van der Waals surface area contributed by atoms with Crippen molar-refractivity contribution in [2.75, 3.05) is 5.32 Å². The van der Waals surface area contributed by atoms with Crippen LogP contribution in [0.4, 0.5) is 18.9 Å². The first-order valence-corrected chi connectivity index (χ1v) is 8.12. The van der Waals surface area contributed by atoms with E-state index < -0.39 is 24.1 Å². The van der Waals surface area contributed by atoms with Crippen LogP contribution >= 0.6 is 0 Å². The van der Waals surface area contributed by atoms with Gasteiger partial charge in [0.1, 0.15) is 5.75 Å². The lowest BCUT2D eigenvalue weighted by Gasteiger charge is -2.18. The SMILES string of the molecule is CC(=O)NC(CC(=O)Nc1cccc(OC(F)(F)F)c1)c1ccc(C)cc1. The van der Waals surface area contributed by atoms with Gasteiger partial charge in [-0.25, -0.2) is 0 Å². The van der Waals surface area contributed by atoms with Crippen molar-refractivity contribution in [2.45, 2.75) is 32.7 Å². The van der Waals surface area contributed by atoms with Crippen LogP contribution in [0.3, 0.4) is 0 Å². The molecule has 1 atom stereocenters. The van der Waals surface area contributed by atoms with Crippen molar-refractivity contribution in [3.05, 3.63) is 59.7 Å². The van der Waals surface area contributed by atoms with Crippen molar-refractivity contribution in [3.8, 4) is 5.75 Å². The van der Waals surface area contributed by atoms with E-state index in [2.05, 4.69) is 15.4 Å². The van der Waals surface area contributed by atoms with Gasteiger partial charge in [-0.15, -0.1) is 13.2 Å². The number of rotatable bonds is 6. The van der Waals surface area contributed by atoms with Crippen LogP contribution in [-0.4, -0.2) is 18.2 Å². The van der Waals surface area contributed by atoms with Gasteiger partial charge in [0.25, 0.3) is 0 Å². The third kappa shape index (κ3) is 7.01. The highest BCUT2D eigenvalue weighted by molar-refractivity contribution is 5.91. The van der Waals surface area contributed by atoms with Gasteiger partial charge in [-0.2, -0.15) is 0 Å². The summed E-state index contributed by atoms with van der Waals surface area (Å²) >= 11 is 0. The average molecular weight is 380 g/mol. The number of carbonyl (C=O) groups excluding carboxylic acids is 2. The maximum absolute atomic E-state index is 12.3. The predicted octanol–water partition coefficient (Wildman–Crippen LogP) is 4.10. The van der Waals surface area contributed by atoms with Crippen LogP contribution in [0.15, 0.2) is 48.5 Å². The smallest absolute Gasteiger partial charge is 0.406 e. The Morgan fingerprint density at radius 3 is 2.37 bits per heavy atom. The number of carbonyl (C=O) groups is 2. The summed E-state index contributed by atoms with van der Waals surface area (Å²) in [6.45, 7) is 3.26. The van der Waals surface area contributed by atoms with Crippen molar-refractivity contribution in [1.29, 1.82) is 0 Å². The summed E-state index contributed by atoms with van der Waals surface area (Å²) < 4.78 is 40.7. The Balaban J connectivity index is 2.08. The molecule has 0 aliphatic carbocycles. The number of ether oxygens (including phenoxy) is 1. The van der Waals surface area contributed by atoms with Gasteiger partial charge in [-0.1, -0.05) is 35.9 Å². The van der Waals surface area contributed by atoms with Crippen molar-refractivity contribution < 1.29 is 27.5 Å². The molecule has 5 nitrogen and oxygen atoms in total. The highest BCUT2D eigenvalue weighted by Crippen LogP contribution is 2.25. The summed E-state index contributed by atoms with van der Waals surface area (Å²) in [7, 11) is 0. The van der Waals surface area contributed by atoms with Crippen LogP contribution in [0.1, 0.15) is 30.5 Å². The molecule has 0 heterocycles. The number of hydrogen-bond donors (Lipinski definition) is 2. The Labute approximate surface area is 154 Å². The Bertz CT molecular complexity index is 805. The minimum atomic E-state index is -4.81. The van der Waals surface area contributed by atoms with Crippen LogP contribution in [0.5, 0.6) is 5.75 Å².